The van der Waals surface area contributed by atoms with Crippen LogP contribution in [0.2, 0.25) is 5.02 Å². The molecule has 1 aliphatic rings. The minimum absolute atomic E-state index is 0.100. The van der Waals surface area contributed by atoms with E-state index in [9.17, 15) is 4.79 Å². The number of urea groups is 1. The Bertz CT molecular complexity index is 453. The monoisotopic (exact) mass is 269 g/mol. The van der Waals surface area contributed by atoms with Crippen LogP contribution in [-0.4, -0.2) is 39.3 Å². The second kappa shape index (κ2) is 5.46. The first kappa shape index (κ1) is 13.0. The lowest BCUT2D eigenvalue weighted by molar-refractivity contribution is 0.251. The third kappa shape index (κ3) is 2.52. The van der Waals surface area contributed by atoms with Gasteiger partial charge in [0.15, 0.2) is 0 Å². The van der Waals surface area contributed by atoms with Gasteiger partial charge < -0.3 is 15.4 Å². The summed E-state index contributed by atoms with van der Waals surface area (Å²) in [4.78, 5) is 13.5. The van der Waals surface area contributed by atoms with E-state index in [4.69, 9.17) is 16.3 Å². The Labute approximate surface area is 111 Å². The van der Waals surface area contributed by atoms with Crippen LogP contribution in [0.25, 0.3) is 0 Å². The number of amides is 2. The molecule has 2 N–H and O–H groups in total. The molecule has 6 heteroatoms. The molecule has 2 rings (SSSR count). The van der Waals surface area contributed by atoms with Crippen molar-refractivity contribution < 1.29 is 9.53 Å². The maximum atomic E-state index is 11.8. The summed E-state index contributed by atoms with van der Waals surface area (Å²) >= 11 is 6.06. The minimum Gasteiger partial charge on any atom is -0.495 e. The average Bonchev–Trinajstić information content (AvgIpc) is 2.71. The number of carbonyl (C=O) groups is 1. The summed E-state index contributed by atoms with van der Waals surface area (Å²) in [5.74, 6) is 0.604. The molecular formula is C12H16ClN3O2. The summed E-state index contributed by atoms with van der Waals surface area (Å²) in [6.45, 7) is 1.37. The number of nitrogens with one attached hydrogen (secondary N) is 2. The van der Waals surface area contributed by atoms with Gasteiger partial charge in [-0.3, -0.25) is 4.90 Å². The number of hydrogen-bond donors (Lipinski definition) is 2. The van der Waals surface area contributed by atoms with Gasteiger partial charge in [-0.05, 0) is 25.2 Å². The Balaban J connectivity index is 2.17. The lowest BCUT2D eigenvalue weighted by Gasteiger charge is -2.16. The van der Waals surface area contributed by atoms with E-state index in [-0.39, 0.29) is 12.1 Å². The zero-order valence-corrected chi connectivity index (χ0v) is 11.1. The Morgan fingerprint density at radius 3 is 3.00 bits per heavy atom. The van der Waals surface area contributed by atoms with E-state index in [0.29, 0.717) is 17.3 Å². The Kier molecular flexibility index (Phi) is 3.93. The largest absolute Gasteiger partial charge is 0.495 e. The summed E-state index contributed by atoms with van der Waals surface area (Å²) in [6, 6.07) is 5.34. The number of methoxy groups -OCH3 is 1. The lowest BCUT2D eigenvalue weighted by atomic mass is 10.2. The van der Waals surface area contributed by atoms with Gasteiger partial charge in [0.05, 0.1) is 18.2 Å². The van der Waals surface area contributed by atoms with E-state index in [1.165, 1.54) is 0 Å². The van der Waals surface area contributed by atoms with E-state index >= 15 is 0 Å². The number of carbonyl (C=O) groups excluding carboxylic acids is 1. The first-order chi connectivity index (χ1) is 8.65. The van der Waals surface area contributed by atoms with Crippen LogP contribution in [0.3, 0.4) is 0 Å². The topological polar surface area (TPSA) is 53.6 Å². The fraction of sp³-hybridized carbons (Fsp3) is 0.417. The highest BCUT2D eigenvalue weighted by molar-refractivity contribution is 6.32. The molecule has 1 fully saturated rings. The van der Waals surface area contributed by atoms with E-state index in [1.54, 1.807) is 24.1 Å². The predicted octanol–water partition coefficient (Wildman–Crippen LogP) is 1.47. The highest BCUT2D eigenvalue weighted by Gasteiger charge is 2.29. The standard InChI is InChI=1S/C12H16ClN3O2/c1-14-6-8-7-16(12(17)15-8)9-3-4-11(18-2)10(13)5-9/h3-5,8,14H,6-7H2,1-2H3,(H,15,17). The number of nitrogens with zero attached hydrogens (tertiary/aromatic N) is 1. The summed E-state index contributed by atoms with van der Waals surface area (Å²) in [7, 11) is 3.42. The normalized spacial score (nSPS) is 18.9. The summed E-state index contributed by atoms with van der Waals surface area (Å²) in [6.07, 6.45) is 0. The molecule has 5 nitrogen and oxygen atoms in total. The van der Waals surface area contributed by atoms with Crippen molar-refractivity contribution in [3.63, 3.8) is 0 Å². The van der Waals surface area contributed by atoms with Crippen LogP contribution in [0.1, 0.15) is 0 Å². The summed E-state index contributed by atoms with van der Waals surface area (Å²) < 4.78 is 5.09. The molecular weight excluding hydrogens is 254 g/mol. The molecule has 1 unspecified atom stereocenters. The molecule has 1 saturated heterocycles. The van der Waals surface area contributed by atoms with Crippen molar-refractivity contribution in [2.75, 3.05) is 32.1 Å². The van der Waals surface area contributed by atoms with Gasteiger partial charge in [-0.15, -0.1) is 0 Å². The lowest BCUT2D eigenvalue weighted by Crippen LogP contribution is -2.35. The third-order valence-electron chi connectivity index (χ3n) is 2.87. The van der Waals surface area contributed by atoms with Crippen LogP contribution < -0.4 is 20.3 Å². The molecule has 0 radical (unpaired) electrons. The van der Waals surface area contributed by atoms with Gasteiger partial charge >= 0.3 is 6.03 Å². The van der Waals surface area contributed by atoms with E-state index in [2.05, 4.69) is 10.6 Å². The van der Waals surface area contributed by atoms with Gasteiger partial charge in [-0.2, -0.15) is 0 Å². The first-order valence-electron chi connectivity index (χ1n) is 5.72. The number of likely N-dealkylation sites (N-methyl/N-ethyl adjacent to an activating group) is 1. The molecule has 2 amide bonds. The molecule has 0 aromatic heterocycles. The van der Waals surface area contributed by atoms with Gasteiger partial charge in [0.25, 0.3) is 0 Å². The second-order valence-corrected chi connectivity index (χ2v) is 4.54. The maximum Gasteiger partial charge on any atom is 0.322 e. The summed E-state index contributed by atoms with van der Waals surface area (Å²) in [5.41, 5.74) is 0.775. The van der Waals surface area contributed by atoms with Crippen molar-refractivity contribution in [1.82, 2.24) is 10.6 Å². The average molecular weight is 270 g/mol. The van der Waals surface area contributed by atoms with Crippen LogP contribution in [0.5, 0.6) is 5.75 Å². The van der Waals surface area contributed by atoms with Crippen molar-refractivity contribution in [3.8, 4) is 5.75 Å². The zero-order chi connectivity index (χ0) is 13.1. The number of ether oxygens (including phenoxy) is 1. The Morgan fingerprint density at radius 2 is 2.39 bits per heavy atom. The van der Waals surface area contributed by atoms with Crippen LogP contribution in [-0.2, 0) is 0 Å². The molecule has 0 aliphatic carbocycles. The smallest absolute Gasteiger partial charge is 0.322 e. The number of benzene rings is 1. The molecule has 1 heterocycles. The SMILES string of the molecule is CNCC1CN(c2ccc(OC)c(Cl)c2)C(=O)N1. The molecule has 1 aromatic rings. The molecule has 18 heavy (non-hydrogen) atoms. The van der Waals surface area contributed by atoms with E-state index in [0.717, 1.165) is 12.2 Å². The number of hydrogen-bond acceptors (Lipinski definition) is 3. The van der Waals surface area contributed by atoms with Crippen LogP contribution in [0.4, 0.5) is 10.5 Å². The molecule has 1 atom stereocenters. The fourth-order valence-electron chi connectivity index (χ4n) is 2.01. The number of anilines is 1. The van der Waals surface area contributed by atoms with Gasteiger partial charge in [0, 0.05) is 18.8 Å². The Hall–Kier alpha value is -1.46. The highest BCUT2D eigenvalue weighted by Crippen LogP contribution is 2.30. The second-order valence-electron chi connectivity index (χ2n) is 4.13. The quantitative estimate of drug-likeness (QED) is 0.870. The number of halogens is 1. The third-order valence-corrected chi connectivity index (χ3v) is 3.17. The van der Waals surface area contributed by atoms with Crippen molar-refractivity contribution in [2.24, 2.45) is 0 Å². The molecule has 0 spiro atoms. The van der Waals surface area contributed by atoms with Crippen LogP contribution >= 0.6 is 11.6 Å². The van der Waals surface area contributed by atoms with Crippen molar-refractivity contribution >= 4 is 23.3 Å². The molecule has 0 bridgehead atoms. The predicted molar refractivity (Wildman–Crippen MR) is 71.6 cm³/mol. The van der Waals surface area contributed by atoms with E-state index < -0.39 is 0 Å². The minimum atomic E-state index is -0.100. The van der Waals surface area contributed by atoms with Crippen molar-refractivity contribution in [1.29, 1.82) is 0 Å². The van der Waals surface area contributed by atoms with Gasteiger partial charge in [-0.25, -0.2) is 4.79 Å². The zero-order valence-electron chi connectivity index (χ0n) is 10.4. The van der Waals surface area contributed by atoms with Crippen LogP contribution in [0.15, 0.2) is 18.2 Å². The van der Waals surface area contributed by atoms with Gasteiger partial charge in [0.2, 0.25) is 0 Å². The van der Waals surface area contributed by atoms with Crippen molar-refractivity contribution in [3.05, 3.63) is 23.2 Å². The molecule has 1 aliphatic heterocycles. The molecule has 98 valence electrons. The van der Waals surface area contributed by atoms with Crippen LogP contribution in [0, 0.1) is 0 Å². The molecule has 1 aromatic carbocycles. The van der Waals surface area contributed by atoms with Crippen molar-refractivity contribution in [2.45, 2.75) is 6.04 Å². The first-order valence-corrected chi connectivity index (χ1v) is 6.09. The highest BCUT2D eigenvalue weighted by atomic mass is 35.5. The van der Waals surface area contributed by atoms with Gasteiger partial charge in [0.1, 0.15) is 5.75 Å². The number of rotatable bonds is 4. The Morgan fingerprint density at radius 1 is 1.61 bits per heavy atom. The summed E-state index contributed by atoms with van der Waals surface area (Å²) in [5, 5.41) is 6.45. The van der Waals surface area contributed by atoms with Gasteiger partial charge in [-0.1, -0.05) is 11.6 Å². The fourth-order valence-corrected chi connectivity index (χ4v) is 2.26. The maximum absolute atomic E-state index is 11.8. The van der Waals surface area contributed by atoms with E-state index in [1.807, 2.05) is 13.1 Å². The molecule has 0 saturated carbocycles.